The topological polar surface area (TPSA) is 76.9 Å². The van der Waals surface area contributed by atoms with Gasteiger partial charge in [0.25, 0.3) is 5.56 Å². The first kappa shape index (κ1) is 16.9. The first-order valence-electron chi connectivity index (χ1n) is 8.23. The van der Waals surface area contributed by atoms with Gasteiger partial charge in [0, 0.05) is 22.9 Å². The minimum absolute atomic E-state index is 0.0298. The average Bonchev–Trinajstić information content (AvgIpc) is 3.30. The van der Waals surface area contributed by atoms with Crippen molar-refractivity contribution >= 4 is 49.0 Å². The molecule has 4 aromatic rings. The van der Waals surface area contributed by atoms with Gasteiger partial charge in [-0.15, -0.1) is 22.7 Å². The van der Waals surface area contributed by atoms with Gasteiger partial charge in [-0.25, -0.2) is 9.97 Å². The Morgan fingerprint density at radius 1 is 1.31 bits per heavy atom. The molecule has 4 heterocycles. The van der Waals surface area contributed by atoms with Crippen molar-refractivity contribution in [1.29, 1.82) is 0 Å². The number of nitrogens with zero attached hydrogens (tertiary/aromatic N) is 3. The molecular formula is C18H16N4O2S2. The molecule has 0 bridgehead atoms. The van der Waals surface area contributed by atoms with Gasteiger partial charge >= 0.3 is 0 Å². The van der Waals surface area contributed by atoms with Crippen LogP contribution in [0.2, 0.25) is 0 Å². The highest BCUT2D eigenvalue weighted by Gasteiger charge is 2.17. The van der Waals surface area contributed by atoms with Gasteiger partial charge in [-0.05, 0) is 23.6 Å². The number of aryl methyl sites for hydroxylation is 1. The molecule has 0 fully saturated rings. The quantitative estimate of drug-likeness (QED) is 0.574. The largest absolute Gasteiger partial charge is 0.350 e. The molecule has 1 N–H and O–H groups in total. The van der Waals surface area contributed by atoms with Crippen LogP contribution in [-0.4, -0.2) is 20.4 Å². The number of thiophene rings is 2. The van der Waals surface area contributed by atoms with E-state index in [1.165, 1.54) is 15.9 Å². The van der Waals surface area contributed by atoms with Crippen LogP contribution >= 0.6 is 22.7 Å². The lowest BCUT2D eigenvalue weighted by molar-refractivity contribution is -0.121. The predicted molar refractivity (Wildman–Crippen MR) is 105 cm³/mol. The highest BCUT2D eigenvalue weighted by molar-refractivity contribution is 7.25. The van der Waals surface area contributed by atoms with Crippen molar-refractivity contribution in [2.24, 2.45) is 0 Å². The summed E-state index contributed by atoms with van der Waals surface area (Å²) in [6.07, 6.45) is 2.27. The number of nitrogens with one attached hydrogen (secondary N) is 1. The van der Waals surface area contributed by atoms with Gasteiger partial charge in [0.05, 0.1) is 12.1 Å². The zero-order valence-corrected chi connectivity index (χ0v) is 15.7. The van der Waals surface area contributed by atoms with Crippen LogP contribution in [0.4, 0.5) is 0 Å². The number of pyridine rings is 1. The third-order valence-electron chi connectivity index (χ3n) is 4.09. The molecule has 0 aliphatic heterocycles. The number of aromatic nitrogens is 3. The van der Waals surface area contributed by atoms with Gasteiger partial charge in [-0.3, -0.25) is 14.2 Å². The van der Waals surface area contributed by atoms with E-state index in [1.807, 2.05) is 36.6 Å². The van der Waals surface area contributed by atoms with Crippen LogP contribution in [0.3, 0.4) is 0 Å². The second-order valence-electron chi connectivity index (χ2n) is 5.76. The van der Waals surface area contributed by atoms with Gasteiger partial charge in [0.1, 0.15) is 21.9 Å². The summed E-state index contributed by atoms with van der Waals surface area (Å²) in [7, 11) is 0. The van der Waals surface area contributed by atoms with Crippen LogP contribution in [0.1, 0.15) is 17.6 Å². The lowest BCUT2D eigenvalue weighted by Gasteiger charge is -2.11. The molecule has 0 unspecified atom stereocenters. The number of hydrogen-bond donors (Lipinski definition) is 1. The SMILES string of the molecule is CCc1nc2c(sc3ncccc32)c(=O)n1CC(=O)NCc1cccs1. The smallest absolute Gasteiger partial charge is 0.272 e. The second kappa shape index (κ2) is 6.97. The Kier molecular flexibility index (Phi) is 4.52. The molecular weight excluding hydrogens is 368 g/mol. The van der Waals surface area contributed by atoms with Crippen LogP contribution in [-0.2, 0) is 24.3 Å². The van der Waals surface area contributed by atoms with Crippen molar-refractivity contribution in [3.05, 3.63) is 56.9 Å². The Balaban J connectivity index is 1.69. The average molecular weight is 384 g/mol. The molecule has 0 aromatic carbocycles. The summed E-state index contributed by atoms with van der Waals surface area (Å²) in [5.74, 6) is 0.410. The minimum atomic E-state index is -0.199. The van der Waals surface area contributed by atoms with Gasteiger partial charge < -0.3 is 5.32 Å². The van der Waals surface area contributed by atoms with E-state index >= 15 is 0 Å². The molecule has 6 nitrogen and oxygen atoms in total. The summed E-state index contributed by atoms with van der Waals surface area (Å²) >= 11 is 2.91. The van der Waals surface area contributed by atoms with E-state index in [-0.39, 0.29) is 18.0 Å². The first-order chi connectivity index (χ1) is 12.7. The minimum Gasteiger partial charge on any atom is -0.350 e. The fourth-order valence-electron chi connectivity index (χ4n) is 2.84. The number of carbonyl (C=O) groups is 1. The number of amides is 1. The van der Waals surface area contributed by atoms with E-state index in [0.717, 1.165) is 15.1 Å². The molecule has 0 atom stereocenters. The molecule has 0 aliphatic carbocycles. The lowest BCUT2D eigenvalue weighted by atomic mass is 10.3. The van der Waals surface area contributed by atoms with Gasteiger partial charge in [0.15, 0.2) is 0 Å². The summed E-state index contributed by atoms with van der Waals surface area (Å²) in [6, 6.07) is 7.67. The zero-order chi connectivity index (χ0) is 18.1. The fourth-order valence-corrected chi connectivity index (χ4v) is 4.51. The van der Waals surface area contributed by atoms with Crippen molar-refractivity contribution < 1.29 is 4.79 Å². The van der Waals surface area contributed by atoms with Gasteiger partial charge in [0.2, 0.25) is 5.91 Å². The number of carbonyl (C=O) groups excluding carboxylic acids is 1. The van der Waals surface area contributed by atoms with E-state index in [9.17, 15) is 9.59 Å². The number of hydrogen-bond acceptors (Lipinski definition) is 6. The second-order valence-corrected chi connectivity index (χ2v) is 7.80. The zero-order valence-electron chi connectivity index (χ0n) is 14.1. The highest BCUT2D eigenvalue weighted by Crippen LogP contribution is 2.28. The molecule has 8 heteroatoms. The van der Waals surface area contributed by atoms with E-state index in [0.29, 0.717) is 29.0 Å². The summed E-state index contributed by atoms with van der Waals surface area (Å²) in [4.78, 5) is 36.1. The summed E-state index contributed by atoms with van der Waals surface area (Å²) in [6.45, 7) is 2.37. The standard InChI is InChI=1S/C18H16N4O2S2/c1-2-13-21-15-12-6-3-7-19-17(12)26-16(15)18(24)22(13)10-14(23)20-9-11-5-4-8-25-11/h3-8H,2,9-10H2,1H3,(H,20,23). The molecule has 132 valence electrons. The van der Waals surface area contributed by atoms with Gasteiger partial charge in [-0.1, -0.05) is 13.0 Å². The van der Waals surface area contributed by atoms with Crippen LogP contribution in [0.5, 0.6) is 0 Å². The Hall–Kier alpha value is -2.58. The predicted octanol–water partition coefficient (Wildman–Crippen LogP) is 2.95. The fraction of sp³-hybridized carbons (Fsp3) is 0.222. The molecule has 0 saturated heterocycles. The Bertz CT molecular complexity index is 1150. The monoisotopic (exact) mass is 384 g/mol. The maximum atomic E-state index is 13.0. The molecule has 0 saturated carbocycles. The Morgan fingerprint density at radius 3 is 2.96 bits per heavy atom. The van der Waals surface area contributed by atoms with Crippen LogP contribution in [0, 0.1) is 0 Å². The molecule has 4 aromatic heterocycles. The maximum absolute atomic E-state index is 13.0. The molecule has 0 spiro atoms. The molecule has 1 amide bonds. The Morgan fingerprint density at radius 2 is 2.19 bits per heavy atom. The summed E-state index contributed by atoms with van der Waals surface area (Å²) < 4.78 is 2.02. The van der Waals surface area contributed by atoms with E-state index in [4.69, 9.17) is 0 Å². The highest BCUT2D eigenvalue weighted by atomic mass is 32.1. The van der Waals surface area contributed by atoms with Crippen LogP contribution < -0.4 is 10.9 Å². The van der Waals surface area contributed by atoms with Crippen molar-refractivity contribution in [3.8, 4) is 0 Å². The van der Waals surface area contributed by atoms with Crippen molar-refractivity contribution in [2.45, 2.75) is 26.4 Å². The Labute approximate surface area is 157 Å². The molecule has 0 radical (unpaired) electrons. The van der Waals surface area contributed by atoms with Crippen molar-refractivity contribution in [2.75, 3.05) is 0 Å². The number of fused-ring (bicyclic) bond motifs is 3. The van der Waals surface area contributed by atoms with E-state index < -0.39 is 0 Å². The molecule has 0 aliphatic rings. The van der Waals surface area contributed by atoms with E-state index in [2.05, 4.69) is 15.3 Å². The number of rotatable bonds is 5. The van der Waals surface area contributed by atoms with Crippen LogP contribution in [0.25, 0.3) is 20.4 Å². The molecule has 26 heavy (non-hydrogen) atoms. The van der Waals surface area contributed by atoms with Gasteiger partial charge in [-0.2, -0.15) is 0 Å². The normalized spacial score (nSPS) is 11.3. The first-order valence-corrected chi connectivity index (χ1v) is 9.93. The van der Waals surface area contributed by atoms with Crippen molar-refractivity contribution in [1.82, 2.24) is 19.9 Å². The summed E-state index contributed by atoms with van der Waals surface area (Å²) in [5, 5.41) is 5.71. The third kappa shape index (κ3) is 3.02. The van der Waals surface area contributed by atoms with Crippen molar-refractivity contribution in [3.63, 3.8) is 0 Å². The van der Waals surface area contributed by atoms with E-state index in [1.54, 1.807) is 17.5 Å². The molecule has 4 rings (SSSR count). The summed E-state index contributed by atoms with van der Waals surface area (Å²) in [5.41, 5.74) is 0.497. The third-order valence-corrected chi connectivity index (χ3v) is 6.06. The lowest BCUT2D eigenvalue weighted by Crippen LogP contribution is -2.33. The maximum Gasteiger partial charge on any atom is 0.272 e. The van der Waals surface area contributed by atoms with Crippen LogP contribution in [0.15, 0.2) is 40.6 Å².